The van der Waals surface area contributed by atoms with E-state index >= 15 is 0 Å². The van der Waals surface area contributed by atoms with Crippen molar-refractivity contribution in [3.8, 4) is 5.75 Å². The fourth-order valence-corrected chi connectivity index (χ4v) is 1.89. The minimum Gasteiger partial charge on any atom is -0.497 e. The average molecular weight is 276 g/mol. The van der Waals surface area contributed by atoms with Gasteiger partial charge >= 0.3 is 0 Å². The third-order valence-electron chi connectivity index (χ3n) is 2.93. The van der Waals surface area contributed by atoms with E-state index in [0.29, 0.717) is 29.9 Å². The number of ether oxygens (including phenoxy) is 2. The molecule has 1 aromatic heterocycles. The van der Waals surface area contributed by atoms with Crippen LogP contribution in [0.5, 0.6) is 5.75 Å². The Bertz CT molecular complexity index is 633. The molecule has 1 amide bonds. The highest BCUT2D eigenvalue weighted by Gasteiger charge is 2.19. The van der Waals surface area contributed by atoms with Crippen LogP contribution in [0, 0.1) is 0 Å². The van der Waals surface area contributed by atoms with Crippen molar-refractivity contribution in [1.29, 1.82) is 0 Å². The lowest BCUT2D eigenvalue weighted by molar-refractivity contribution is -0.117. The largest absolute Gasteiger partial charge is 0.497 e. The molecule has 0 unspecified atom stereocenters. The number of ketones is 1. The van der Waals surface area contributed by atoms with Crippen LogP contribution in [0.1, 0.15) is 10.4 Å². The molecule has 20 heavy (non-hydrogen) atoms. The molecular weight excluding hydrogens is 260 g/mol. The maximum atomic E-state index is 12.1. The predicted molar refractivity (Wildman–Crippen MR) is 74.1 cm³/mol. The van der Waals surface area contributed by atoms with E-state index in [-0.39, 0.29) is 0 Å². The van der Waals surface area contributed by atoms with E-state index in [1.807, 2.05) is 0 Å². The summed E-state index contributed by atoms with van der Waals surface area (Å²) in [7, 11) is 3.10. The van der Waals surface area contributed by atoms with Crippen molar-refractivity contribution in [3.63, 3.8) is 0 Å². The molecule has 0 saturated carbocycles. The van der Waals surface area contributed by atoms with Crippen LogP contribution in [0.2, 0.25) is 0 Å². The number of fused-ring (bicyclic) bond motifs is 1. The lowest BCUT2D eigenvalue weighted by Crippen LogP contribution is -2.33. The second kappa shape index (κ2) is 6.21. The molecule has 0 saturated heterocycles. The van der Waals surface area contributed by atoms with E-state index < -0.39 is 11.7 Å². The number of nitrogens with one attached hydrogen (secondary N) is 2. The molecule has 0 bridgehead atoms. The van der Waals surface area contributed by atoms with Crippen molar-refractivity contribution < 1.29 is 19.1 Å². The molecule has 0 aliphatic carbocycles. The third kappa shape index (κ3) is 2.80. The zero-order valence-corrected chi connectivity index (χ0v) is 11.4. The lowest BCUT2D eigenvalue weighted by atomic mass is 10.1. The number of rotatable bonds is 6. The number of hydrogen-bond acceptors (Lipinski definition) is 4. The van der Waals surface area contributed by atoms with Gasteiger partial charge in [-0.05, 0) is 12.1 Å². The number of methoxy groups -OCH3 is 2. The highest BCUT2D eigenvalue weighted by atomic mass is 16.5. The molecule has 1 heterocycles. The maximum absolute atomic E-state index is 12.1. The minimum atomic E-state index is -0.640. The van der Waals surface area contributed by atoms with Crippen molar-refractivity contribution >= 4 is 22.6 Å². The SMILES string of the molecule is COCCNC(=O)C(=O)c1c[nH]c2cc(OC)ccc12. The second-order valence-corrected chi connectivity index (χ2v) is 4.19. The first-order chi connectivity index (χ1) is 9.67. The molecule has 0 radical (unpaired) electrons. The summed E-state index contributed by atoms with van der Waals surface area (Å²) in [5.41, 5.74) is 1.09. The van der Waals surface area contributed by atoms with Gasteiger partial charge in [0.15, 0.2) is 0 Å². The highest BCUT2D eigenvalue weighted by molar-refractivity contribution is 6.44. The Labute approximate surface area is 116 Å². The fourth-order valence-electron chi connectivity index (χ4n) is 1.89. The maximum Gasteiger partial charge on any atom is 0.292 e. The van der Waals surface area contributed by atoms with E-state index in [2.05, 4.69) is 10.3 Å². The topological polar surface area (TPSA) is 80.4 Å². The summed E-state index contributed by atoms with van der Waals surface area (Å²) in [4.78, 5) is 26.8. The smallest absolute Gasteiger partial charge is 0.292 e. The van der Waals surface area contributed by atoms with Crippen molar-refractivity contribution in [3.05, 3.63) is 30.0 Å². The summed E-state index contributed by atoms with van der Waals surface area (Å²) in [5, 5.41) is 3.20. The summed E-state index contributed by atoms with van der Waals surface area (Å²) in [6.07, 6.45) is 1.53. The van der Waals surface area contributed by atoms with Gasteiger partial charge < -0.3 is 19.8 Å². The number of amides is 1. The molecule has 1 aromatic carbocycles. The molecule has 0 aliphatic heterocycles. The van der Waals surface area contributed by atoms with E-state index in [1.165, 1.54) is 13.3 Å². The van der Waals surface area contributed by atoms with Crippen LogP contribution >= 0.6 is 0 Å². The summed E-state index contributed by atoms with van der Waals surface area (Å²) < 4.78 is 9.92. The number of aromatic nitrogens is 1. The fraction of sp³-hybridized carbons (Fsp3) is 0.286. The average Bonchev–Trinajstić information content (AvgIpc) is 2.89. The number of aromatic amines is 1. The van der Waals surface area contributed by atoms with Gasteiger partial charge in [-0.3, -0.25) is 9.59 Å². The molecule has 0 aliphatic rings. The Balaban J connectivity index is 2.20. The predicted octanol–water partition coefficient (Wildman–Crippen LogP) is 1.12. The van der Waals surface area contributed by atoms with Crippen LogP contribution in [0.4, 0.5) is 0 Å². The van der Waals surface area contributed by atoms with Gasteiger partial charge in [0.05, 0.1) is 19.3 Å². The number of carbonyl (C=O) groups is 2. The first-order valence-electron chi connectivity index (χ1n) is 6.14. The molecule has 6 nitrogen and oxygen atoms in total. The van der Waals surface area contributed by atoms with E-state index in [9.17, 15) is 9.59 Å². The number of benzene rings is 1. The van der Waals surface area contributed by atoms with Crippen LogP contribution < -0.4 is 10.1 Å². The van der Waals surface area contributed by atoms with Gasteiger partial charge in [0.25, 0.3) is 11.7 Å². The summed E-state index contributed by atoms with van der Waals surface area (Å²) in [5.74, 6) is -0.529. The van der Waals surface area contributed by atoms with Crippen molar-refractivity contribution in [2.24, 2.45) is 0 Å². The Kier molecular flexibility index (Phi) is 4.37. The number of H-pyrrole nitrogens is 1. The number of hydrogen-bond donors (Lipinski definition) is 2. The van der Waals surface area contributed by atoms with E-state index in [4.69, 9.17) is 9.47 Å². The molecule has 106 valence electrons. The molecule has 2 N–H and O–H groups in total. The molecule has 0 atom stereocenters. The lowest BCUT2D eigenvalue weighted by Gasteiger charge is -2.03. The zero-order valence-electron chi connectivity index (χ0n) is 11.4. The number of carbonyl (C=O) groups excluding carboxylic acids is 2. The second-order valence-electron chi connectivity index (χ2n) is 4.19. The monoisotopic (exact) mass is 276 g/mol. The first kappa shape index (κ1) is 14.1. The Morgan fingerprint density at radius 1 is 1.30 bits per heavy atom. The van der Waals surface area contributed by atoms with Gasteiger partial charge in [0.1, 0.15) is 5.75 Å². The summed E-state index contributed by atoms with van der Waals surface area (Å²) in [6, 6.07) is 5.27. The molecule has 6 heteroatoms. The molecule has 2 aromatic rings. The molecular formula is C14H16N2O4. The van der Waals surface area contributed by atoms with Gasteiger partial charge in [-0.15, -0.1) is 0 Å². The van der Waals surface area contributed by atoms with E-state index in [1.54, 1.807) is 25.3 Å². The van der Waals surface area contributed by atoms with E-state index in [0.717, 1.165) is 5.52 Å². The van der Waals surface area contributed by atoms with Crippen molar-refractivity contribution in [2.75, 3.05) is 27.4 Å². The van der Waals surface area contributed by atoms with Gasteiger partial charge in [-0.25, -0.2) is 0 Å². The minimum absolute atomic E-state index is 0.303. The van der Waals surface area contributed by atoms with Gasteiger partial charge in [-0.2, -0.15) is 0 Å². The van der Waals surface area contributed by atoms with Gasteiger partial charge in [0, 0.05) is 36.8 Å². The van der Waals surface area contributed by atoms with Crippen LogP contribution in [0.25, 0.3) is 10.9 Å². The van der Waals surface area contributed by atoms with Crippen molar-refractivity contribution in [2.45, 2.75) is 0 Å². The summed E-state index contributed by atoms with van der Waals surface area (Å²) >= 11 is 0. The molecule has 2 rings (SSSR count). The third-order valence-corrected chi connectivity index (χ3v) is 2.93. The Morgan fingerprint density at radius 2 is 2.10 bits per heavy atom. The quantitative estimate of drug-likeness (QED) is 0.471. The molecule has 0 spiro atoms. The van der Waals surface area contributed by atoms with Crippen molar-refractivity contribution in [1.82, 2.24) is 10.3 Å². The van der Waals surface area contributed by atoms with Crippen LogP contribution in [-0.2, 0) is 9.53 Å². The zero-order chi connectivity index (χ0) is 14.5. The standard InChI is InChI=1S/C14H16N2O4/c1-19-6-5-15-14(18)13(17)11-8-16-12-7-9(20-2)3-4-10(11)12/h3-4,7-8,16H,5-6H2,1-2H3,(H,15,18). The first-order valence-corrected chi connectivity index (χ1v) is 6.14. The van der Waals surface area contributed by atoms with Gasteiger partial charge in [-0.1, -0.05) is 0 Å². The van der Waals surface area contributed by atoms with Crippen LogP contribution in [0.15, 0.2) is 24.4 Å². The number of Topliss-reactive ketones (excluding diaryl/α,β-unsaturated/α-hetero) is 1. The van der Waals surface area contributed by atoms with Crippen LogP contribution in [0.3, 0.4) is 0 Å². The normalized spacial score (nSPS) is 10.5. The Morgan fingerprint density at radius 3 is 2.80 bits per heavy atom. The van der Waals surface area contributed by atoms with Gasteiger partial charge in [0.2, 0.25) is 0 Å². The Hall–Kier alpha value is -2.34. The summed E-state index contributed by atoms with van der Waals surface area (Å²) in [6.45, 7) is 0.668. The highest BCUT2D eigenvalue weighted by Crippen LogP contribution is 2.23. The van der Waals surface area contributed by atoms with Crippen LogP contribution in [-0.4, -0.2) is 44.0 Å². The molecule has 0 fully saturated rings.